The zero-order chi connectivity index (χ0) is 21.3. The number of amides is 1. The van der Waals surface area contributed by atoms with Gasteiger partial charge in [-0.3, -0.25) is 4.79 Å². The van der Waals surface area contributed by atoms with Crippen LogP contribution in [0, 0.1) is 0 Å². The maximum absolute atomic E-state index is 12.7. The standard InChI is InChI=1S/C22H16ClN3O3S/c1-30(28,29)16-9-10-17(19(23)12-16)22(27)26-15-6-4-5-14(11-15)21-18-7-2-3-8-20(18)24-13-25-21/h2-13H,1H3,(H,26,27). The summed E-state index contributed by atoms with van der Waals surface area (Å²) in [5, 5.41) is 3.77. The van der Waals surface area contributed by atoms with E-state index in [1.165, 1.54) is 24.5 Å². The Labute approximate surface area is 178 Å². The molecule has 1 aromatic heterocycles. The van der Waals surface area contributed by atoms with Crippen molar-refractivity contribution in [3.05, 3.63) is 83.6 Å². The Bertz CT molecular complexity index is 1380. The van der Waals surface area contributed by atoms with E-state index < -0.39 is 15.7 Å². The van der Waals surface area contributed by atoms with Gasteiger partial charge in [-0.25, -0.2) is 18.4 Å². The summed E-state index contributed by atoms with van der Waals surface area (Å²) >= 11 is 6.15. The molecule has 1 heterocycles. The van der Waals surface area contributed by atoms with E-state index in [0.29, 0.717) is 5.69 Å². The van der Waals surface area contributed by atoms with Crippen molar-refractivity contribution in [2.24, 2.45) is 0 Å². The lowest BCUT2D eigenvalue weighted by Crippen LogP contribution is -2.13. The number of para-hydroxylation sites is 1. The lowest BCUT2D eigenvalue weighted by atomic mass is 10.1. The first-order chi connectivity index (χ1) is 14.3. The molecule has 4 aromatic rings. The number of hydrogen-bond donors (Lipinski definition) is 1. The van der Waals surface area contributed by atoms with E-state index in [4.69, 9.17) is 11.6 Å². The molecule has 0 unspecified atom stereocenters. The van der Waals surface area contributed by atoms with Crippen molar-refractivity contribution in [2.45, 2.75) is 4.90 Å². The molecule has 0 saturated carbocycles. The maximum atomic E-state index is 12.7. The van der Waals surface area contributed by atoms with Gasteiger partial charge in [-0.15, -0.1) is 0 Å². The number of aromatic nitrogens is 2. The number of hydrogen-bond acceptors (Lipinski definition) is 5. The first kappa shape index (κ1) is 20.0. The summed E-state index contributed by atoms with van der Waals surface area (Å²) in [6, 6.07) is 19.0. The van der Waals surface area contributed by atoms with Crippen molar-refractivity contribution in [1.29, 1.82) is 0 Å². The van der Waals surface area contributed by atoms with Crippen LogP contribution in [0.1, 0.15) is 10.4 Å². The lowest BCUT2D eigenvalue weighted by Gasteiger charge is -2.10. The van der Waals surface area contributed by atoms with Gasteiger partial charge in [0.1, 0.15) is 6.33 Å². The molecule has 4 rings (SSSR count). The third-order valence-electron chi connectivity index (χ3n) is 4.55. The number of nitrogens with one attached hydrogen (secondary N) is 1. The molecule has 8 heteroatoms. The number of anilines is 1. The third kappa shape index (κ3) is 4.03. The molecule has 0 spiro atoms. The second kappa shape index (κ2) is 7.85. The Hall–Kier alpha value is -3.29. The number of fused-ring (bicyclic) bond motifs is 1. The fourth-order valence-corrected chi connectivity index (χ4v) is 4.07. The Morgan fingerprint density at radius 3 is 2.53 bits per heavy atom. The van der Waals surface area contributed by atoms with Crippen molar-refractivity contribution < 1.29 is 13.2 Å². The van der Waals surface area contributed by atoms with Gasteiger partial charge in [0.15, 0.2) is 9.84 Å². The van der Waals surface area contributed by atoms with Gasteiger partial charge < -0.3 is 5.32 Å². The fourth-order valence-electron chi connectivity index (χ4n) is 3.09. The molecule has 150 valence electrons. The molecule has 0 fully saturated rings. The average molecular weight is 438 g/mol. The van der Waals surface area contributed by atoms with E-state index in [-0.39, 0.29) is 15.5 Å². The summed E-state index contributed by atoms with van der Waals surface area (Å²) in [6.07, 6.45) is 2.59. The van der Waals surface area contributed by atoms with Crippen LogP contribution in [-0.2, 0) is 9.84 Å². The highest BCUT2D eigenvalue weighted by Crippen LogP contribution is 2.28. The predicted octanol–water partition coefficient (Wildman–Crippen LogP) is 4.61. The quantitative estimate of drug-likeness (QED) is 0.503. The van der Waals surface area contributed by atoms with Crippen LogP contribution in [0.25, 0.3) is 22.2 Å². The lowest BCUT2D eigenvalue weighted by molar-refractivity contribution is 0.102. The topological polar surface area (TPSA) is 89.0 Å². The van der Waals surface area contributed by atoms with E-state index in [1.807, 2.05) is 42.5 Å². The Balaban J connectivity index is 1.65. The van der Waals surface area contributed by atoms with Gasteiger partial charge in [0, 0.05) is 22.9 Å². The maximum Gasteiger partial charge on any atom is 0.257 e. The van der Waals surface area contributed by atoms with Crippen LogP contribution in [0.15, 0.2) is 78.0 Å². The number of nitrogens with zero attached hydrogens (tertiary/aromatic N) is 2. The molecule has 30 heavy (non-hydrogen) atoms. The predicted molar refractivity (Wildman–Crippen MR) is 117 cm³/mol. The Kier molecular flexibility index (Phi) is 5.24. The molecule has 0 bridgehead atoms. The number of rotatable bonds is 4. The number of halogens is 1. The van der Waals surface area contributed by atoms with Crippen molar-refractivity contribution in [1.82, 2.24) is 9.97 Å². The smallest absolute Gasteiger partial charge is 0.257 e. The molecule has 0 saturated heterocycles. The fraction of sp³-hybridized carbons (Fsp3) is 0.0455. The normalized spacial score (nSPS) is 11.4. The highest BCUT2D eigenvalue weighted by atomic mass is 35.5. The van der Waals surface area contributed by atoms with Crippen molar-refractivity contribution in [3.63, 3.8) is 0 Å². The van der Waals surface area contributed by atoms with Gasteiger partial charge in [0.2, 0.25) is 0 Å². The van der Waals surface area contributed by atoms with Crippen molar-refractivity contribution in [2.75, 3.05) is 11.6 Å². The molecule has 6 nitrogen and oxygen atoms in total. The Morgan fingerprint density at radius 2 is 1.77 bits per heavy atom. The molecule has 0 aliphatic rings. The highest BCUT2D eigenvalue weighted by molar-refractivity contribution is 7.90. The third-order valence-corrected chi connectivity index (χ3v) is 5.97. The second-order valence-corrected chi connectivity index (χ2v) is 9.11. The van der Waals surface area contributed by atoms with E-state index in [9.17, 15) is 13.2 Å². The van der Waals surface area contributed by atoms with Gasteiger partial charge >= 0.3 is 0 Å². The minimum absolute atomic E-state index is 0.0571. The molecular formula is C22H16ClN3O3S. The van der Waals surface area contributed by atoms with Gasteiger partial charge in [0.05, 0.1) is 26.7 Å². The van der Waals surface area contributed by atoms with Crippen LogP contribution in [0.5, 0.6) is 0 Å². The highest BCUT2D eigenvalue weighted by Gasteiger charge is 2.15. The van der Waals surface area contributed by atoms with Gasteiger partial charge in [0.25, 0.3) is 5.91 Å². The Morgan fingerprint density at radius 1 is 0.967 bits per heavy atom. The summed E-state index contributed by atoms with van der Waals surface area (Å²) in [6.45, 7) is 0. The van der Waals surface area contributed by atoms with Gasteiger partial charge in [-0.1, -0.05) is 41.9 Å². The summed E-state index contributed by atoms with van der Waals surface area (Å²) in [5.74, 6) is -0.440. The number of sulfone groups is 1. The van der Waals surface area contributed by atoms with Gasteiger partial charge in [-0.2, -0.15) is 0 Å². The zero-order valence-corrected chi connectivity index (χ0v) is 17.4. The van der Waals surface area contributed by atoms with Crippen LogP contribution in [-0.4, -0.2) is 30.5 Å². The monoisotopic (exact) mass is 437 g/mol. The molecule has 1 N–H and O–H groups in total. The summed E-state index contributed by atoms with van der Waals surface area (Å²) in [4.78, 5) is 21.4. The van der Waals surface area contributed by atoms with E-state index >= 15 is 0 Å². The van der Waals surface area contributed by atoms with Crippen LogP contribution < -0.4 is 5.32 Å². The minimum atomic E-state index is -3.41. The van der Waals surface area contributed by atoms with Crippen molar-refractivity contribution in [3.8, 4) is 11.3 Å². The first-order valence-electron chi connectivity index (χ1n) is 8.94. The largest absolute Gasteiger partial charge is 0.322 e. The number of carbonyl (C=O) groups excluding carboxylic acids is 1. The molecular weight excluding hydrogens is 422 g/mol. The van der Waals surface area contributed by atoms with Crippen LogP contribution >= 0.6 is 11.6 Å². The van der Waals surface area contributed by atoms with Crippen LogP contribution in [0.2, 0.25) is 5.02 Å². The molecule has 1 amide bonds. The summed E-state index contributed by atoms with van der Waals surface area (Å²) in [7, 11) is -3.41. The first-order valence-corrected chi connectivity index (χ1v) is 11.2. The number of benzene rings is 3. The average Bonchev–Trinajstić information content (AvgIpc) is 2.72. The molecule has 3 aromatic carbocycles. The SMILES string of the molecule is CS(=O)(=O)c1ccc(C(=O)Nc2cccc(-c3ncnc4ccccc34)c2)c(Cl)c1. The summed E-state index contributed by atoms with van der Waals surface area (Å²) < 4.78 is 23.3. The van der Waals surface area contributed by atoms with Crippen molar-refractivity contribution >= 4 is 43.9 Å². The zero-order valence-electron chi connectivity index (χ0n) is 15.8. The van der Waals surface area contributed by atoms with E-state index in [0.717, 1.165) is 28.4 Å². The molecule has 0 radical (unpaired) electrons. The molecule has 0 atom stereocenters. The van der Waals surface area contributed by atoms with Crippen LogP contribution in [0.4, 0.5) is 5.69 Å². The molecule has 0 aliphatic carbocycles. The van der Waals surface area contributed by atoms with E-state index in [2.05, 4.69) is 15.3 Å². The molecule has 0 aliphatic heterocycles. The number of carbonyl (C=O) groups is 1. The minimum Gasteiger partial charge on any atom is -0.322 e. The summed E-state index contributed by atoms with van der Waals surface area (Å²) in [5.41, 5.74) is 3.15. The second-order valence-electron chi connectivity index (χ2n) is 6.69. The van der Waals surface area contributed by atoms with Gasteiger partial charge in [-0.05, 0) is 36.4 Å². The van der Waals surface area contributed by atoms with Crippen LogP contribution in [0.3, 0.4) is 0 Å². The van der Waals surface area contributed by atoms with E-state index in [1.54, 1.807) is 6.07 Å².